The number of aromatic nitrogens is 1. The maximum absolute atomic E-state index is 11.4. The van der Waals surface area contributed by atoms with Crippen molar-refractivity contribution in [2.75, 3.05) is 24.7 Å². The Kier molecular flexibility index (Phi) is 3.75. The van der Waals surface area contributed by atoms with Crippen LogP contribution in [-0.2, 0) is 9.53 Å². The molecule has 1 aliphatic heterocycles. The van der Waals surface area contributed by atoms with Crippen LogP contribution in [0.1, 0.15) is 6.92 Å². The summed E-state index contributed by atoms with van der Waals surface area (Å²) in [5.41, 5.74) is 0. The van der Waals surface area contributed by atoms with E-state index in [1.54, 1.807) is 6.20 Å². The van der Waals surface area contributed by atoms with E-state index in [0.717, 1.165) is 16.6 Å². The van der Waals surface area contributed by atoms with Crippen LogP contribution >= 0.6 is 0 Å². The third-order valence-corrected chi connectivity index (χ3v) is 4.03. The van der Waals surface area contributed by atoms with Crippen molar-refractivity contribution >= 4 is 22.6 Å². The first-order valence-electron chi connectivity index (χ1n) is 7.13. The van der Waals surface area contributed by atoms with E-state index in [1.807, 2.05) is 42.2 Å². The van der Waals surface area contributed by atoms with Crippen LogP contribution in [0.4, 0.5) is 5.82 Å². The quantitative estimate of drug-likeness (QED) is 0.933. The van der Waals surface area contributed by atoms with E-state index < -0.39 is 11.9 Å². The van der Waals surface area contributed by atoms with Crippen LogP contribution in [0.15, 0.2) is 36.5 Å². The Balaban J connectivity index is 2.04. The number of hydrogen-bond acceptors (Lipinski definition) is 4. The van der Waals surface area contributed by atoms with Crippen LogP contribution in [0, 0.1) is 5.92 Å². The van der Waals surface area contributed by atoms with Crippen LogP contribution < -0.4 is 4.90 Å². The molecule has 110 valence electrons. The van der Waals surface area contributed by atoms with Gasteiger partial charge in [0.1, 0.15) is 11.7 Å². The summed E-state index contributed by atoms with van der Waals surface area (Å²) in [4.78, 5) is 17.9. The molecular formula is C16H18N2O3. The van der Waals surface area contributed by atoms with Gasteiger partial charge in [-0.05, 0) is 18.4 Å². The molecule has 2 unspecified atom stereocenters. The van der Waals surface area contributed by atoms with Gasteiger partial charge in [0.15, 0.2) is 0 Å². The van der Waals surface area contributed by atoms with E-state index in [2.05, 4.69) is 4.98 Å². The molecule has 0 amide bonds. The number of anilines is 1. The first kappa shape index (κ1) is 13.8. The number of likely N-dealkylation sites (N-methyl/N-ethyl adjacent to an activating group) is 1. The normalized spacial score (nSPS) is 21.6. The third kappa shape index (κ3) is 2.45. The van der Waals surface area contributed by atoms with Crippen LogP contribution in [0.2, 0.25) is 0 Å². The van der Waals surface area contributed by atoms with Crippen LogP contribution in [0.5, 0.6) is 0 Å². The van der Waals surface area contributed by atoms with Crippen molar-refractivity contribution in [1.29, 1.82) is 0 Å². The maximum atomic E-state index is 11.4. The predicted molar refractivity (Wildman–Crippen MR) is 80.5 cm³/mol. The number of benzene rings is 1. The zero-order chi connectivity index (χ0) is 14.8. The molecule has 1 aromatic carbocycles. The monoisotopic (exact) mass is 286 g/mol. The van der Waals surface area contributed by atoms with E-state index >= 15 is 0 Å². The van der Waals surface area contributed by atoms with Crippen molar-refractivity contribution in [2.24, 2.45) is 5.92 Å². The number of ether oxygens (including phenoxy) is 1. The minimum Gasteiger partial charge on any atom is -0.481 e. The van der Waals surface area contributed by atoms with Gasteiger partial charge in [-0.1, -0.05) is 24.3 Å². The second-order valence-electron chi connectivity index (χ2n) is 5.19. The van der Waals surface area contributed by atoms with Gasteiger partial charge >= 0.3 is 5.97 Å². The summed E-state index contributed by atoms with van der Waals surface area (Å²) in [5, 5.41) is 11.5. The average molecular weight is 286 g/mol. The molecule has 0 saturated carbocycles. The Hall–Kier alpha value is -2.14. The van der Waals surface area contributed by atoms with Gasteiger partial charge in [0, 0.05) is 18.1 Å². The molecule has 2 atom stereocenters. The molecule has 2 heterocycles. The van der Waals surface area contributed by atoms with Crippen LogP contribution in [0.25, 0.3) is 10.8 Å². The summed E-state index contributed by atoms with van der Waals surface area (Å²) in [7, 11) is 0. The van der Waals surface area contributed by atoms with Gasteiger partial charge in [-0.15, -0.1) is 0 Å². The van der Waals surface area contributed by atoms with E-state index in [-0.39, 0.29) is 12.6 Å². The first-order chi connectivity index (χ1) is 10.2. The van der Waals surface area contributed by atoms with Crippen molar-refractivity contribution < 1.29 is 14.6 Å². The lowest BCUT2D eigenvalue weighted by molar-refractivity contribution is -0.141. The third-order valence-electron chi connectivity index (χ3n) is 4.03. The highest BCUT2D eigenvalue weighted by Gasteiger charge is 2.38. The zero-order valence-electron chi connectivity index (χ0n) is 11.9. The van der Waals surface area contributed by atoms with E-state index in [9.17, 15) is 9.90 Å². The predicted octanol–water partition coefficient (Wildman–Crippen LogP) is 2.16. The largest absolute Gasteiger partial charge is 0.481 e. The van der Waals surface area contributed by atoms with Gasteiger partial charge < -0.3 is 14.7 Å². The van der Waals surface area contributed by atoms with Crippen molar-refractivity contribution in [3.05, 3.63) is 36.5 Å². The minimum atomic E-state index is -0.809. The Morgan fingerprint density at radius 3 is 2.95 bits per heavy atom. The molecule has 1 aromatic heterocycles. The molecule has 21 heavy (non-hydrogen) atoms. The van der Waals surface area contributed by atoms with Crippen LogP contribution in [-0.4, -0.2) is 41.9 Å². The Bertz CT molecular complexity index is 654. The number of carboxylic acids is 1. The summed E-state index contributed by atoms with van der Waals surface area (Å²) in [6.07, 6.45) is 1.77. The molecule has 1 fully saturated rings. The Labute approximate surface area is 123 Å². The van der Waals surface area contributed by atoms with Gasteiger partial charge in [-0.25, -0.2) is 4.98 Å². The van der Waals surface area contributed by atoms with Crippen LogP contribution in [0.3, 0.4) is 0 Å². The highest BCUT2D eigenvalue weighted by atomic mass is 16.5. The summed E-state index contributed by atoms with van der Waals surface area (Å²) in [6.45, 7) is 3.40. The lowest BCUT2D eigenvalue weighted by Gasteiger charge is -2.31. The number of rotatable bonds is 4. The number of fused-ring (bicyclic) bond motifs is 1. The number of aliphatic carboxylic acids is 1. The van der Waals surface area contributed by atoms with Gasteiger partial charge in [0.25, 0.3) is 0 Å². The Morgan fingerprint density at radius 1 is 1.38 bits per heavy atom. The minimum absolute atomic E-state index is 0.175. The average Bonchev–Trinajstić information content (AvgIpc) is 2.98. The van der Waals surface area contributed by atoms with Crippen molar-refractivity contribution in [3.63, 3.8) is 0 Å². The fourth-order valence-electron chi connectivity index (χ4n) is 2.96. The van der Waals surface area contributed by atoms with Crippen molar-refractivity contribution in [1.82, 2.24) is 4.98 Å². The number of carbonyl (C=O) groups is 1. The number of pyridine rings is 1. The molecule has 3 rings (SSSR count). The van der Waals surface area contributed by atoms with E-state index in [4.69, 9.17) is 4.74 Å². The number of hydrogen-bond donors (Lipinski definition) is 1. The van der Waals surface area contributed by atoms with E-state index in [0.29, 0.717) is 13.2 Å². The molecule has 2 aromatic rings. The summed E-state index contributed by atoms with van der Waals surface area (Å²) in [6, 6.07) is 9.81. The molecule has 0 radical (unpaired) electrons. The van der Waals surface area contributed by atoms with Gasteiger partial charge in [0.05, 0.1) is 19.3 Å². The SMILES string of the molecule is CCN(c1nccc2ccccc12)C1COCC1C(=O)O. The second kappa shape index (κ2) is 5.69. The summed E-state index contributed by atoms with van der Waals surface area (Å²) < 4.78 is 5.40. The molecule has 0 spiro atoms. The number of nitrogens with zero attached hydrogens (tertiary/aromatic N) is 2. The lowest BCUT2D eigenvalue weighted by Crippen LogP contribution is -2.43. The molecule has 1 saturated heterocycles. The molecular weight excluding hydrogens is 268 g/mol. The summed E-state index contributed by atoms with van der Waals surface area (Å²) in [5.74, 6) is -0.487. The molecule has 0 bridgehead atoms. The molecule has 0 aliphatic carbocycles. The molecule has 5 heteroatoms. The molecule has 5 nitrogen and oxygen atoms in total. The van der Waals surface area contributed by atoms with E-state index in [1.165, 1.54) is 0 Å². The highest BCUT2D eigenvalue weighted by molar-refractivity contribution is 5.92. The second-order valence-corrected chi connectivity index (χ2v) is 5.19. The maximum Gasteiger partial charge on any atom is 0.311 e. The zero-order valence-corrected chi connectivity index (χ0v) is 11.9. The standard InChI is InChI=1S/C16H18N2O3/c1-2-18(14-10-21-9-13(14)16(19)20)15-12-6-4-3-5-11(12)7-8-17-15/h3-8,13-14H,2,9-10H2,1H3,(H,19,20). The van der Waals surface area contributed by atoms with Crippen molar-refractivity contribution in [3.8, 4) is 0 Å². The first-order valence-corrected chi connectivity index (χ1v) is 7.13. The smallest absolute Gasteiger partial charge is 0.311 e. The van der Waals surface area contributed by atoms with Crippen molar-refractivity contribution in [2.45, 2.75) is 13.0 Å². The Morgan fingerprint density at radius 2 is 2.19 bits per heavy atom. The van der Waals surface area contributed by atoms with Gasteiger partial charge in [0.2, 0.25) is 0 Å². The molecule has 1 N–H and O–H groups in total. The molecule has 1 aliphatic rings. The fraction of sp³-hybridized carbons (Fsp3) is 0.375. The fourth-order valence-corrected chi connectivity index (χ4v) is 2.96. The topological polar surface area (TPSA) is 62.7 Å². The van der Waals surface area contributed by atoms with Gasteiger partial charge in [-0.3, -0.25) is 4.79 Å². The van der Waals surface area contributed by atoms with Gasteiger partial charge in [-0.2, -0.15) is 0 Å². The lowest BCUT2D eigenvalue weighted by atomic mass is 10.0. The number of carboxylic acid groups (broad SMARTS) is 1. The summed E-state index contributed by atoms with van der Waals surface area (Å²) >= 11 is 0. The highest BCUT2D eigenvalue weighted by Crippen LogP contribution is 2.29.